The van der Waals surface area contributed by atoms with Gasteiger partial charge in [0.15, 0.2) is 11.6 Å². The molecular formula is C18H20FN5O. The maximum Gasteiger partial charge on any atom is 0.227 e. The largest absolute Gasteiger partial charge is 0.488 e. The number of nitrogens with one attached hydrogen (secondary N) is 1. The predicted molar refractivity (Wildman–Crippen MR) is 94.4 cm³/mol. The SMILES string of the molecule is Cc1cnc(Nc2cnn(C)c2)nc1-c1ccc(OC(C)C)c(F)c1. The van der Waals surface area contributed by atoms with Gasteiger partial charge in [0.25, 0.3) is 0 Å². The molecule has 0 aliphatic rings. The molecule has 0 aliphatic heterocycles. The third-order valence-electron chi connectivity index (χ3n) is 3.50. The number of hydrogen-bond acceptors (Lipinski definition) is 5. The molecule has 7 heteroatoms. The number of halogens is 1. The monoisotopic (exact) mass is 341 g/mol. The summed E-state index contributed by atoms with van der Waals surface area (Å²) in [5, 5.41) is 7.18. The summed E-state index contributed by atoms with van der Waals surface area (Å²) < 4.78 is 21.4. The molecule has 2 aromatic heterocycles. The van der Waals surface area contributed by atoms with Gasteiger partial charge in [0, 0.05) is 25.0 Å². The predicted octanol–water partition coefficient (Wildman–Crippen LogP) is 3.86. The summed E-state index contributed by atoms with van der Waals surface area (Å²) in [6.07, 6.45) is 5.12. The second kappa shape index (κ2) is 6.88. The molecule has 130 valence electrons. The smallest absolute Gasteiger partial charge is 0.227 e. The molecule has 0 aliphatic carbocycles. The lowest BCUT2D eigenvalue weighted by Gasteiger charge is -2.12. The summed E-state index contributed by atoms with van der Waals surface area (Å²) in [4.78, 5) is 8.78. The summed E-state index contributed by atoms with van der Waals surface area (Å²) in [5.41, 5.74) is 2.97. The average Bonchev–Trinajstić information content (AvgIpc) is 2.96. The highest BCUT2D eigenvalue weighted by molar-refractivity contribution is 5.65. The number of aromatic nitrogens is 4. The fraction of sp³-hybridized carbons (Fsp3) is 0.278. The third kappa shape index (κ3) is 3.93. The number of benzene rings is 1. The van der Waals surface area contributed by atoms with E-state index in [4.69, 9.17) is 4.74 Å². The molecule has 3 aromatic rings. The first-order valence-electron chi connectivity index (χ1n) is 7.98. The standard InChI is InChI=1S/C18H20FN5O/c1-11(2)25-16-6-5-13(7-15(16)19)17-12(3)8-20-18(23-17)22-14-9-21-24(4)10-14/h5-11H,1-4H3,(H,20,22,23). The van der Waals surface area contributed by atoms with Crippen molar-refractivity contribution in [3.63, 3.8) is 0 Å². The zero-order chi connectivity index (χ0) is 18.0. The average molecular weight is 341 g/mol. The van der Waals surface area contributed by atoms with E-state index < -0.39 is 5.82 Å². The van der Waals surface area contributed by atoms with Crippen molar-refractivity contribution < 1.29 is 9.13 Å². The van der Waals surface area contributed by atoms with Gasteiger partial charge in [0.05, 0.1) is 23.7 Å². The van der Waals surface area contributed by atoms with Crippen LogP contribution in [0.2, 0.25) is 0 Å². The zero-order valence-corrected chi connectivity index (χ0v) is 14.6. The van der Waals surface area contributed by atoms with Crippen LogP contribution >= 0.6 is 0 Å². The van der Waals surface area contributed by atoms with Gasteiger partial charge in [-0.1, -0.05) is 0 Å². The van der Waals surface area contributed by atoms with Crippen molar-refractivity contribution in [3.8, 4) is 17.0 Å². The Labute approximate surface area is 145 Å². The molecule has 1 aromatic carbocycles. The lowest BCUT2D eigenvalue weighted by atomic mass is 10.1. The maximum atomic E-state index is 14.3. The minimum atomic E-state index is -0.411. The highest BCUT2D eigenvalue weighted by atomic mass is 19.1. The normalized spacial score (nSPS) is 11.0. The molecule has 25 heavy (non-hydrogen) atoms. The molecule has 0 saturated heterocycles. The first-order valence-corrected chi connectivity index (χ1v) is 7.98. The molecule has 1 N–H and O–H groups in total. The van der Waals surface area contributed by atoms with Gasteiger partial charge >= 0.3 is 0 Å². The second-order valence-corrected chi connectivity index (χ2v) is 6.06. The number of ether oxygens (including phenoxy) is 1. The van der Waals surface area contributed by atoms with E-state index in [1.165, 1.54) is 6.07 Å². The van der Waals surface area contributed by atoms with Crippen LogP contribution in [0, 0.1) is 12.7 Å². The Hall–Kier alpha value is -2.96. The molecule has 0 radical (unpaired) electrons. The molecular weight excluding hydrogens is 321 g/mol. The van der Waals surface area contributed by atoms with Crippen molar-refractivity contribution in [2.24, 2.45) is 7.05 Å². The first kappa shape index (κ1) is 16.9. The Morgan fingerprint density at radius 3 is 2.68 bits per heavy atom. The number of rotatable bonds is 5. The van der Waals surface area contributed by atoms with Crippen LogP contribution < -0.4 is 10.1 Å². The van der Waals surface area contributed by atoms with Crippen molar-refractivity contribution in [2.75, 3.05) is 5.32 Å². The van der Waals surface area contributed by atoms with Gasteiger partial charge in [0.1, 0.15) is 0 Å². The van der Waals surface area contributed by atoms with E-state index in [9.17, 15) is 4.39 Å². The quantitative estimate of drug-likeness (QED) is 0.763. The lowest BCUT2D eigenvalue weighted by Crippen LogP contribution is -2.07. The van der Waals surface area contributed by atoms with Crippen LogP contribution in [0.3, 0.4) is 0 Å². The van der Waals surface area contributed by atoms with Crippen molar-refractivity contribution in [1.29, 1.82) is 0 Å². The van der Waals surface area contributed by atoms with Crippen molar-refractivity contribution in [2.45, 2.75) is 26.9 Å². The van der Waals surface area contributed by atoms with Gasteiger partial charge in [-0.3, -0.25) is 4.68 Å². The van der Waals surface area contributed by atoms with Gasteiger partial charge in [-0.2, -0.15) is 5.10 Å². The summed E-state index contributed by atoms with van der Waals surface area (Å²) >= 11 is 0. The Morgan fingerprint density at radius 2 is 2.04 bits per heavy atom. The summed E-state index contributed by atoms with van der Waals surface area (Å²) in [6.45, 7) is 5.61. The van der Waals surface area contributed by atoms with Crippen molar-refractivity contribution in [3.05, 3.63) is 48.2 Å². The van der Waals surface area contributed by atoms with E-state index in [1.807, 2.05) is 34.0 Å². The number of aryl methyl sites for hydroxylation is 2. The van der Waals surface area contributed by atoms with E-state index in [2.05, 4.69) is 20.4 Å². The number of anilines is 2. The van der Waals surface area contributed by atoms with Crippen LogP contribution in [0.1, 0.15) is 19.4 Å². The third-order valence-corrected chi connectivity index (χ3v) is 3.50. The Morgan fingerprint density at radius 1 is 1.24 bits per heavy atom. The molecule has 2 heterocycles. The van der Waals surface area contributed by atoms with Crippen LogP contribution in [-0.4, -0.2) is 25.9 Å². The van der Waals surface area contributed by atoms with Gasteiger partial charge in [-0.05, 0) is 44.5 Å². The maximum absolute atomic E-state index is 14.3. The minimum absolute atomic E-state index is 0.0866. The highest BCUT2D eigenvalue weighted by Crippen LogP contribution is 2.28. The molecule has 0 amide bonds. The van der Waals surface area contributed by atoms with E-state index in [1.54, 1.807) is 29.2 Å². The van der Waals surface area contributed by atoms with E-state index in [-0.39, 0.29) is 11.9 Å². The van der Waals surface area contributed by atoms with Crippen molar-refractivity contribution >= 4 is 11.6 Å². The van der Waals surface area contributed by atoms with Crippen LogP contribution in [0.4, 0.5) is 16.0 Å². The minimum Gasteiger partial charge on any atom is -0.488 e. The Bertz CT molecular complexity index is 891. The molecule has 0 spiro atoms. The highest BCUT2D eigenvalue weighted by Gasteiger charge is 2.12. The molecule has 0 fully saturated rings. The van der Waals surface area contributed by atoms with Crippen LogP contribution in [-0.2, 0) is 7.05 Å². The van der Waals surface area contributed by atoms with E-state index in [0.717, 1.165) is 11.3 Å². The summed E-state index contributed by atoms with van der Waals surface area (Å²) in [5.74, 6) is 0.252. The number of hydrogen-bond donors (Lipinski definition) is 1. The van der Waals surface area contributed by atoms with Crippen molar-refractivity contribution in [1.82, 2.24) is 19.7 Å². The van der Waals surface area contributed by atoms with Crippen LogP contribution in [0.25, 0.3) is 11.3 Å². The molecule has 0 unspecified atom stereocenters. The summed E-state index contributed by atoms with van der Waals surface area (Å²) in [6, 6.07) is 4.85. The lowest BCUT2D eigenvalue weighted by molar-refractivity contribution is 0.231. The van der Waals surface area contributed by atoms with Crippen LogP contribution in [0.5, 0.6) is 5.75 Å². The van der Waals surface area contributed by atoms with Gasteiger partial charge in [-0.15, -0.1) is 0 Å². The molecule has 0 bridgehead atoms. The molecule has 0 saturated carbocycles. The fourth-order valence-corrected chi connectivity index (χ4v) is 2.41. The topological polar surface area (TPSA) is 64.9 Å². The first-order chi connectivity index (χ1) is 11.9. The Kier molecular flexibility index (Phi) is 4.65. The molecule has 6 nitrogen and oxygen atoms in total. The fourth-order valence-electron chi connectivity index (χ4n) is 2.41. The van der Waals surface area contributed by atoms with E-state index >= 15 is 0 Å². The second-order valence-electron chi connectivity index (χ2n) is 6.06. The number of nitrogens with zero attached hydrogens (tertiary/aromatic N) is 4. The van der Waals surface area contributed by atoms with Gasteiger partial charge in [0.2, 0.25) is 5.95 Å². The van der Waals surface area contributed by atoms with Gasteiger partial charge in [-0.25, -0.2) is 14.4 Å². The zero-order valence-electron chi connectivity index (χ0n) is 14.6. The van der Waals surface area contributed by atoms with Gasteiger partial charge < -0.3 is 10.1 Å². The summed E-state index contributed by atoms with van der Waals surface area (Å²) in [7, 11) is 1.83. The van der Waals surface area contributed by atoms with Crippen LogP contribution in [0.15, 0.2) is 36.8 Å². The molecule has 3 rings (SSSR count). The Balaban J connectivity index is 1.91. The van der Waals surface area contributed by atoms with E-state index in [0.29, 0.717) is 17.2 Å². The molecule has 0 atom stereocenters.